The van der Waals surface area contributed by atoms with Crippen LogP contribution in [0.1, 0.15) is 99.0 Å². The average molecular weight is 1940 g/mol. The first kappa shape index (κ1) is 94.3. The third kappa shape index (κ3) is 17.0. The van der Waals surface area contributed by atoms with Crippen LogP contribution in [-0.2, 0) is 77.8 Å². The minimum Gasteiger partial charge on any atom is -0.346 e. The van der Waals surface area contributed by atoms with E-state index in [4.69, 9.17) is 0 Å². The molecule has 0 amide bonds. The van der Waals surface area contributed by atoms with Crippen LogP contribution in [0.25, 0.3) is 111 Å². The second-order valence-corrected chi connectivity index (χ2v) is 48.2. The largest absolute Gasteiger partial charge is 0.346 e. The van der Waals surface area contributed by atoms with Gasteiger partial charge in [-0.05, 0) is 144 Å². The van der Waals surface area contributed by atoms with Crippen molar-refractivity contribution in [2.75, 3.05) is 89.4 Å². The Morgan fingerprint density at radius 3 is 1.11 bits per heavy atom. The number of nitrogens with one attached hydrogen (secondary N) is 5. The lowest BCUT2D eigenvalue weighted by atomic mass is 9.89. The third-order valence-corrected chi connectivity index (χ3v) is 37.2. The summed E-state index contributed by atoms with van der Waals surface area (Å²) in [6, 6.07) is 30.4. The number of halogens is 1. The van der Waals surface area contributed by atoms with E-state index in [2.05, 4.69) is 101 Å². The zero-order valence-corrected chi connectivity index (χ0v) is 79.5. The highest BCUT2D eigenvalue weighted by atomic mass is 32.2. The number of nitrogens with zero attached hydrogens (tertiary/aromatic N) is 24. The first-order chi connectivity index (χ1) is 65.0. The molecule has 0 spiro atoms. The van der Waals surface area contributed by atoms with Gasteiger partial charge in [0.05, 0.1) is 113 Å². The van der Waals surface area contributed by atoms with Gasteiger partial charge >= 0.3 is 0 Å². The number of aromatic nitrogens is 19. The molecule has 5 aliphatic heterocycles. The van der Waals surface area contributed by atoms with Gasteiger partial charge in [-0.1, -0.05) is 6.92 Å². The summed E-state index contributed by atoms with van der Waals surface area (Å²) < 4.78 is 152. The number of hydrogen-bond acceptors (Lipinski definition) is 24. The molecule has 1 saturated carbocycles. The predicted molar refractivity (Wildman–Crippen MR) is 506 cm³/mol. The molecule has 39 nitrogen and oxygen atoms in total. The number of pyridine rings is 5. The highest BCUT2D eigenvalue weighted by molar-refractivity contribution is 7.91. The smallest absolute Gasteiger partial charge is 0.219 e. The van der Waals surface area contributed by atoms with Crippen molar-refractivity contribution < 1.29 is 46.5 Å². The molecule has 20 heterocycles. The second kappa shape index (κ2) is 36.0. The molecule has 136 heavy (non-hydrogen) atoms. The van der Waals surface area contributed by atoms with Crippen molar-refractivity contribution in [2.24, 2.45) is 0 Å². The first-order valence-corrected chi connectivity index (χ1v) is 51.6. The second-order valence-electron chi connectivity index (χ2n) is 36.4. The van der Waals surface area contributed by atoms with E-state index in [1.165, 1.54) is 32.4 Å². The summed E-state index contributed by atoms with van der Waals surface area (Å²) in [4.78, 5) is 36.8. The fourth-order valence-electron chi connectivity index (χ4n) is 18.1. The SMILES string of the molecule is CC(C)(C)S(=O)(=O)N1CC(CC#N)(n2cc(-c3ccnc4[nH]ccc34)cn2)C1.CC1(S(=O)(=O)N2CC(CC#N)(n3cc(-c4ccnc5[nH]ccc45)cn3)C2)CC1.CCCS(=O)(=O)N1CC(CC#N)(n2cc(-c3ccnc4[nH]ccc34)cn2)C1.CCS(=O)(=O)N1CC(CC#N)(n2ccc(-c3ccnc4[nH]ccc34)c2)C1.CCS(=O)(=O)N1CC(CF)(n2cc(-c3c(C#N)cnc4[nH]ccc34)cn2)C1. The van der Waals surface area contributed by atoms with Crippen LogP contribution < -0.4 is 0 Å². The van der Waals surface area contributed by atoms with Gasteiger partial charge in [-0.25, -0.2) is 71.4 Å². The number of hydrogen-bond donors (Lipinski definition) is 5. The lowest BCUT2D eigenvalue weighted by molar-refractivity contribution is 0.0415. The van der Waals surface area contributed by atoms with E-state index in [0.717, 1.165) is 94.0 Å². The van der Waals surface area contributed by atoms with Gasteiger partial charge in [0, 0.05) is 225 Å². The Kier molecular flexibility index (Phi) is 24.9. The Morgan fingerprint density at radius 2 is 0.735 bits per heavy atom. The fraction of sp³-hybridized carbons (Fsp3) is 0.385. The van der Waals surface area contributed by atoms with E-state index in [1.807, 2.05) is 128 Å². The van der Waals surface area contributed by atoms with E-state index in [0.29, 0.717) is 54.7 Å². The molecular weight excluding hydrogens is 1840 g/mol. The highest BCUT2D eigenvalue weighted by Gasteiger charge is 2.60. The standard InChI is InChI=1S/C19H20N6O2S.C19H22N6O2S.C18H20N6O2S.C18H19N5O2S.C17H17FN6O2S/c1-18(4-5-18)28(26,27)24-12-19(13-24,6-7-20)25-11-14(10-23-25)15-2-8-21-17-16(15)3-9-22-17;1-18(2,3)28(26,27)24-12-19(13-24,6-7-20)25-11-14(10-23-25)15-4-8-21-17-16(15)5-9-22-17;1-2-9-27(25,26)23-12-18(13-23,5-6-19)24-11-14(10-22-24)15-3-7-20-17-16(15)4-8-21-17;1-2-26(24,25)23-12-18(13-23,6-7-19)22-10-5-14(11-22)15-3-8-20-17-16(15)4-9-21-17;1-2-27(25,26)23-10-17(9-18,11-23)24-8-13(7-22-24)15-12(5-19)6-21-16-14(15)3-4-20-16/h2-3,8-11H,4-6,12-13H2,1H3,(H,21,22);4-5,8-11H,6,12-13H2,1-3H3,(H,21,22);3-4,7-8,10-11H,2,5,9,12-13H2,1H3,(H,20,21);3-5,8-11H,2,6,12-13H2,1H3,(H,20,21);3-4,6-8H,2,9-11H2,1H3,(H,20,21). The van der Waals surface area contributed by atoms with Crippen LogP contribution >= 0.6 is 0 Å². The van der Waals surface area contributed by atoms with Crippen LogP contribution in [0.4, 0.5) is 4.39 Å². The number of H-pyrrole nitrogens is 5. The number of nitriles is 5. The Morgan fingerprint density at radius 1 is 0.397 bits per heavy atom. The van der Waals surface area contributed by atoms with Crippen molar-refractivity contribution in [3.05, 3.63) is 190 Å². The van der Waals surface area contributed by atoms with Crippen LogP contribution in [0.5, 0.6) is 0 Å². The Labute approximate surface area is 784 Å². The van der Waals surface area contributed by atoms with Gasteiger partial charge in [-0.2, -0.15) is 68.2 Å². The van der Waals surface area contributed by atoms with Crippen LogP contribution in [0, 0.1) is 56.7 Å². The van der Waals surface area contributed by atoms with Gasteiger partial charge in [0.1, 0.15) is 63.1 Å². The van der Waals surface area contributed by atoms with Crippen molar-refractivity contribution in [1.82, 2.24) is 115 Å². The Balaban J connectivity index is 0.000000118. The van der Waals surface area contributed by atoms with Gasteiger partial charge in [-0.15, -0.1) is 0 Å². The molecular formula is C91H98FN29O10S5. The predicted octanol–water partition coefficient (Wildman–Crippen LogP) is 10.7. The van der Waals surface area contributed by atoms with Gasteiger partial charge in [-0.3, -0.25) is 18.7 Å². The highest BCUT2D eigenvalue weighted by Crippen LogP contribution is 2.50. The average Bonchev–Trinajstić information content (AvgIpc) is 1.54. The molecule has 45 heteroatoms. The molecule has 1 aliphatic carbocycles. The molecule has 0 bridgehead atoms. The topological polar surface area (TPSA) is 525 Å². The minimum absolute atomic E-state index is 0.0201. The number of aromatic amines is 5. The molecule has 704 valence electrons. The van der Waals surface area contributed by atoms with Crippen LogP contribution in [-0.4, -0.2) is 256 Å². The number of alkyl halides is 1. The number of rotatable bonds is 25. The van der Waals surface area contributed by atoms with Gasteiger partial charge < -0.3 is 29.5 Å². The molecule has 21 rings (SSSR count). The van der Waals surface area contributed by atoms with Crippen molar-refractivity contribution in [3.63, 3.8) is 0 Å². The van der Waals surface area contributed by atoms with Crippen LogP contribution in [0.15, 0.2) is 185 Å². The van der Waals surface area contributed by atoms with E-state index >= 15 is 0 Å². The van der Waals surface area contributed by atoms with E-state index < -0.39 is 94.0 Å². The summed E-state index contributed by atoms with van der Waals surface area (Å²) in [6.07, 6.45) is 38.5. The Hall–Kier alpha value is -13.5. The van der Waals surface area contributed by atoms with Crippen molar-refractivity contribution >= 4 is 105 Å². The zero-order valence-electron chi connectivity index (χ0n) is 75.4. The summed E-state index contributed by atoms with van der Waals surface area (Å²) in [5.74, 6) is 0.186. The summed E-state index contributed by atoms with van der Waals surface area (Å²) in [7, 11) is -16.6. The number of sulfonamides is 5. The van der Waals surface area contributed by atoms with Crippen LogP contribution in [0.2, 0.25) is 0 Å². The molecule has 0 radical (unpaired) electrons. The van der Waals surface area contributed by atoms with E-state index in [9.17, 15) is 72.8 Å². The third-order valence-electron chi connectivity index (χ3n) is 26.6. The van der Waals surface area contributed by atoms with Gasteiger partial charge in [0.15, 0.2) is 0 Å². The molecule has 0 unspecified atom stereocenters. The molecule has 15 aromatic rings. The van der Waals surface area contributed by atoms with Crippen molar-refractivity contribution in [1.29, 1.82) is 26.3 Å². The summed E-state index contributed by atoms with van der Waals surface area (Å²) in [5, 5.41) is 69.2. The molecule has 0 atom stereocenters. The van der Waals surface area contributed by atoms with E-state index in [-0.39, 0.29) is 95.3 Å². The number of fused-ring (bicyclic) bond motifs is 5. The molecule has 0 aromatic carbocycles. The minimum atomic E-state index is -3.43. The summed E-state index contributed by atoms with van der Waals surface area (Å²) in [5.41, 5.74) is 9.97. The maximum absolute atomic E-state index is 13.9. The quantitative estimate of drug-likeness (QED) is 0.0355. The first-order valence-electron chi connectivity index (χ1n) is 43.9. The van der Waals surface area contributed by atoms with Crippen molar-refractivity contribution in [2.45, 2.75) is 131 Å². The summed E-state index contributed by atoms with van der Waals surface area (Å²) >= 11 is 0. The fourth-order valence-corrected chi connectivity index (χ4v) is 25.9. The zero-order chi connectivity index (χ0) is 96.4. The van der Waals surface area contributed by atoms with Crippen LogP contribution in [0.3, 0.4) is 0 Å². The monoisotopic (exact) mass is 1940 g/mol. The maximum atomic E-state index is 13.9. The molecule has 5 saturated heterocycles. The molecule has 6 aliphatic rings. The van der Waals surface area contributed by atoms with E-state index in [1.54, 1.807) is 118 Å². The molecule has 15 aromatic heterocycles. The Bertz CT molecular complexity index is 7720. The maximum Gasteiger partial charge on any atom is 0.219 e. The molecule has 5 N–H and O–H groups in total. The lowest BCUT2D eigenvalue weighted by Crippen LogP contribution is -2.66. The summed E-state index contributed by atoms with van der Waals surface area (Å²) in [6.45, 7) is 13.5. The van der Waals surface area contributed by atoms with Crippen molar-refractivity contribution in [3.8, 4) is 86.0 Å². The lowest BCUT2D eigenvalue weighted by Gasteiger charge is -2.49. The van der Waals surface area contributed by atoms with Gasteiger partial charge in [0.25, 0.3) is 0 Å². The van der Waals surface area contributed by atoms with Gasteiger partial charge in [0.2, 0.25) is 50.1 Å². The molecule has 6 fully saturated rings. The normalized spacial score (nSPS) is 17.8.